The molecule has 1 aromatic rings. The lowest BCUT2D eigenvalue weighted by atomic mass is 9.76. The summed E-state index contributed by atoms with van der Waals surface area (Å²) < 4.78 is 0. The van der Waals surface area contributed by atoms with Gasteiger partial charge in [-0.1, -0.05) is 12.8 Å². The lowest BCUT2D eigenvalue weighted by molar-refractivity contribution is -0.139. The van der Waals surface area contributed by atoms with Gasteiger partial charge >= 0.3 is 5.97 Å². The van der Waals surface area contributed by atoms with E-state index in [-0.39, 0.29) is 0 Å². The maximum atomic E-state index is 11.7. The molecule has 0 aromatic carbocycles. The molecule has 2 heterocycles. The van der Waals surface area contributed by atoms with Gasteiger partial charge in [-0.05, 0) is 45.4 Å². The molecule has 1 aromatic heterocycles. The molecule has 1 aliphatic carbocycles. The van der Waals surface area contributed by atoms with Crippen molar-refractivity contribution in [1.29, 1.82) is 0 Å². The zero-order chi connectivity index (χ0) is 15.0. The third-order valence-corrected chi connectivity index (χ3v) is 4.95. The Kier molecular flexibility index (Phi) is 3.83. The summed E-state index contributed by atoms with van der Waals surface area (Å²) in [4.78, 5) is 22.8. The first kappa shape index (κ1) is 14.3. The number of carboxylic acid groups (broad SMARTS) is 1. The number of carboxylic acids is 1. The highest BCUT2D eigenvalue weighted by molar-refractivity contribution is 5.78. The highest BCUT2D eigenvalue weighted by atomic mass is 16.4. The number of aliphatic carboxylic acids is 1. The van der Waals surface area contributed by atoms with Crippen LogP contribution in [0.3, 0.4) is 0 Å². The number of nitrogens with zero attached hydrogens (tertiary/aromatic N) is 3. The predicted molar refractivity (Wildman–Crippen MR) is 80.4 cm³/mol. The van der Waals surface area contributed by atoms with Crippen LogP contribution >= 0.6 is 0 Å². The number of anilines is 1. The minimum Gasteiger partial charge on any atom is -0.480 e. The largest absolute Gasteiger partial charge is 0.480 e. The van der Waals surface area contributed by atoms with Crippen LogP contribution < -0.4 is 4.90 Å². The third-order valence-electron chi connectivity index (χ3n) is 4.95. The molecule has 0 radical (unpaired) electrons. The molecule has 21 heavy (non-hydrogen) atoms. The van der Waals surface area contributed by atoms with Gasteiger partial charge in [-0.15, -0.1) is 0 Å². The average Bonchev–Trinajstić information content (AvgIpc) is 2.48. The first-order chi connectivity index (χ1) is 10.1. The van der Waals surface area contributed by atoms with Crippen molar-refractivity contribution < 1.29 is 9.90 Å². The van der Waals surface area contributed by atoms with Gasteiger partial charge in [0.2, 0.25) is 0 Å². The average molecular weight is 289 g/mol. The van der Waals surface area contributed by atoms with Gasteiger partial charge in [0.15, 0.2) is 5.82 Å². The van der Waals surface area contributed by atoms with Crippen LogP contribution in [0, 0.1) is 19.8 Å². The number of aromatic nitrogens is 2. The molecule has 0 amide bonds. The van der Waals surface area contributed by atoms with Crippen molar-refractivity contribution in [3.63, 3.8) is 0 Å². The second-order valence-electron chi connectivity index (χ2n) is 6.37. The van der Waals surface area contributed by atoms with E-state index in [1.54, 1.807) is 6.20 Å². The summed E-state index contributed by atoms with van der Waals surface area (Å²) in [5, 5.41) is 9.63. The molecular weight excluding hydrogens is 266 g/mol. The van der Waals surface area contributed by atoms with Gasteiger partial charge in [0, 0.05) is 12.2 Å². The monoisotopic (exact) mass is 289 g/mol. The summed E-state index contributed by atoms with van der Waals surface area (Å²) in [7, 11) is 0. The molecule has 5 nitrogen and oxygen atoms in total. The van der Waals surface area contributed by atoms with Gasteiger partial charge in [-0.25, -0.2) is 9.78 Å². The highest BCUT2D eigenvalue weighted by Crippen LogP contribution is 2.40. The van der Waals surface area contributed by atoms with E-state index in [1.807, 2.05) is 13.8 Å². The lowest BCUT2D eigenvalue weighted by Gasteiger charge is -2.48. The Morgan fingerprint density at radius 3 is 2.76 bits per heavy atom. The number of hydrogen-bond acceptors (Lipinski definition) is 4. The number of carbonyl (C=O) groups is 1. The smallest absolute Gasteiger partial charge is 0.326 e. The summed E-state index contributed by atoms with van der Waals surface area (Å²) in [6.45, 7) is 3.83. The SMILES string of the molecule is Cc1cnc(C)c(N2C(C(=O)O)CCC3CCCCC32)n1. The number of aryl methyl sites for hydroxylation is 2. The molecule has 1 saturated heterocycles. The minimum absolute atomic E-state index is 0.309. The molecule has 3 unspecified atom stereocenters. The Hall–Kier alpha value is -1.65. The minimum atomic E-state index is -0.735. The molecule has 2 fully saturated rings. The predicted octanol–water partition coefficient (Wildman–Crippen LogP) is 2.71. The van der Waals surface area contributed by atoms with E-state index >= 15 is 0 Å². The molecule has 114 valence electrons. The van der Waals surface area contributed by atoms with Gasteiger partial charge < -0.3 is 10.0 Å². The van der Waals surface area contributed by atoms with Gasteiger partial charge in [0.05, 0.1) is 11.4 Å². The van der Waals surface area contributed by atoms with Crippen molar-refractivity contribution in [2.45, 2.75) is 64.5 Å². The van der Waals surface area contributed by atoms with Crippen molar-refractivity contribution in [3.8, 4) is 0 Å². The number of fused-ring (bicyclic) bond motifs is 1. The van der Waals surface area contributed by atoms with E-state index in [2.05, 4.69) is 14.9 Å². The molecule has 5 heteroatoms. The van der Waals surface area contributed by atoms with Crippen LogP contribution in [0.1, 0.15) is 49.9 Å². The second kappa shape index (κ2) is 5.62. The van der Waals surface area contributed by atoms with Gasteiger partial charge in [0.1, 0.15) is 6.04 Å². The van der Waals surface area contributed by atoms with Crippen LogP contribution in [0.15, 0.2) is 6.20 Å². The fraction of sp³-hybridized carbons (Fsp3) is 0.688. The van der Waals surface area contributed by atoms with E-state index < -0.39 is 12.0 Å². The zero-order valence-corrected chi connectivity index (χ0v) is 12.7. The van der Waals surface area contributed by atoms with E-state index in [0.29, 0.717) is 18.4 Å². The fourth-order valence-electron chi connectivity index (χ4n) is 3.95. The first-order valence-corrected chi connectivity index (χ1v) is 7.89. The molecule has 1 aliphatic heterocycles. The van der Waals surface area contributed by atoms with Crippen LogP contribution in [0.25, 0.3) is 0 Å². The number of piperidine rings is 1. The van der Waals surface area contributed by atoms with Gasteiger partial charge in [-0.2, -0.15) is 0 Å². The number of hydrogen-bond donors (Lipinski definition) is 1. The number of rotatable bonds is 2. The van der Waals surface area contributed by atoms with E-state index in [0.717, 1.165) is 30.0 Å². The summed E-state index contributed by atoms with van der Waals surface area (Å²) >= 11 is 0. The molecule has 1 N–H and O–H groups in total. The molecule has 1 saturated carbocycles. The maximum Gasteiger partial charge on any atom is 0.326 e. The Balaban J connectivity index is 2.03. The summed E-state index contributed by atoms with van der Waals surface area (Å²) in [5.41, 5.74) is 1.68. The standard InChI is InChI=1S/C16H23N3O2/c1-10-9-17-11(2)15(18-10)19-13-6-4-3-5-12(13)7-8-14(19)16(20)21/h9,12-14H,3-8H2,1-2H3,(H,20,21). The van der Waals surface area contributed by atoms with Crippen LogP contribution in [0.5, 0.6) is 0 Å². The molecule has 2 aliphatic rings. The summed E-state index contributed by atoms with van der Waals surface area (Å²) in [6, 6.07) is -0.150. The molecule has 3 atom stereocenters. The summed E-state index contributed by atoms with van der Waals surface area (Å²) in [5.74, 6) is 0.650. The maximum absolute atomic E-state index is 11.7. The van der Waals surface area contributed by atoms with Crippen molar-refractivity contribution in [1.82, 2.24) is 9.97 Å². The van der Waals surface area contributed by atoms with Crippen molar-refractivity contribution in [3.05, 3.63) is 17.6 Å². The van der Waals surface area contributed by atoms with Crippen molar-refractivity contribution in [2.24, 2.45) is 5.92 Å². The van der Waals surface area contributed by atoms with E-state index in [1.165, 1.54) is 19.3 Å². The van der Waals surface area contributed by atoms with Gasteiger partial charge in [0.25, 0.3) is 0 Å². The topological polar surface area (TPSA) is 66.3 Å². The quantitative estimate of drug-likeness (QED) is 0.906. The molecule has 0 spiro atoms. The van der Waals surface area contributed by atoms with Crippen LogP contribution in [-0.2, 0) is 4.79 Å². The van der Waals surface area contributed by atoms with Crippen LogP contribution in [0.4, 0.5) is 5.82 Å². The Morgan fingerprint density at radius 2 is 2.00 bits per heavy atom. The lowest BCUT2D eigenvalue weighted by Crippen LogP contribution is -2.56. The van der Waals surface area contributed by atoms with Crippen molar-refractivity contribution in [2.75, 3.05) is 4.90 Å². The molecular formula is C16H23N3O2. The van der Waals surface area contributed by atoms with E-state index in [4.69, 9.17) is 0 Å². The Morgan fingerprint density at radius 1 is 1.24 bits per heavy atom. The first-order valence-electron chi connectivity index (χ1n) is 7.89. The molecule has 0 bridgehead atoms. The Labute approximate surface area is 125 Å². The second-order valence-corrected chi connectivity index (χ2v) is 6.37. The summed E-state index contributed by atoms with van der Waals surface area (Å²) in [6.07, 6.45) is 8.22. The Bertz CT molecular complexity index is 546. The fourth-order valence-corrected chi connectivity index (χ4v) is 3.95. The zero-order valence-electron chi connectivity index (χ0n) is 12.7. The van der Waals surface area contributed by atoms with Gasteiger partial charge in [-0.3, -0.25) is 4.98 Å². The highest BCUT2D eigenvalue weighted by Gasteiger charge is 2.42. The van der Waals surface area contributed by atoms with Crippen LogP contribution in [-0.4, -0.2) is 33.1 Å². The van der Waals surface area contributed by atoms with Crippen LogP contribution in [0.2, 0.25) is 0 Å². The normalized spacial score (nSPS) is 29.0. The molecule has 3 rings (SSSR count). The van der Waals surface area contributed by atoms with Crippen molar-refractivity contribution >= 4 is 11.8 Å². The van der Waals surface area contributed by atoms with E-state index in [9.17, 15) is 9.90 Å². The third kappa shape index (κ3) is 2.61.